The Kier molecular flexibility index (Phi) is 7.20. The van der Waals surface area contributed by atoms with Crippen LogP contribution in [0.15, 0.2) is 24.5 Å². The molecule has 4 rings (SSSR count). The average molecular weight is 427 g/mol. The number of hydrogen-bond acceptors (Lipinski definition) is 4. The second-order valence-electron chi connectivity index (χ2n) is 9.29. The summed E-state index contributed by atoms with van der Waals surface area (Å²) < 4.78 is 0. The summed E-state index contributed by atoms with van der Waals surface area (Å²) in [5, 5.41) is 6.18. The second-order valence-corrected chi connectivity index (χ2v) is 9.29. The Bertz CT molecular complexity index is 772. The van der Waals surface area contributed by atoms with Crippen molar-refractivity contribution in [3.8, 4) is 0 Å². The van der Waals surface area contributed by atoms with Gasteiger partial charge in [-0.05, 0) is 50.2 Å². The molecule has 0 radical (unpaired) electrons. The molecule has 2 atom stereocenters. The summed E-state index contributed by atoms with van der Waals surface area (Å²) in [6.45, 7) is 0.560. The number of nitrogens with zero attached hydrogens (tertiary/aromatic N) is 2. The topological polar surface area (TPSA) is 91.4 Å². The highest BCUT2D eigenvalue weighted by Crippen LogP contribution is 2.26. The third-order valence-corrected chi connectivity index (χ3v) is 7.04. The number of aromatic nitrogens is 1. The summed E-state index contributed by atoms with van der Waals surface area (Å²) in [6, 6.07) is 2.88. The maximum Gasteiger partial charge on any atom is 0.246 e. The van der Waals surface area contributed by atoms with Crippen molar-refractivity contribution in [2.45, 2.75) is 88.8 Å². The molecule has 3 fully saturated rings. The number of rotatable bonds is 7. The van der Waals surface area contributed by atoms with Gasteiger partial charge in [0.2, 0.25) is 17.7 Å². The summed E-state index contributed by atoms with van der Waals surface area (Å²) >= 11 is 0. The molecular formula is C24H34N4O3. The van der Waals surface area contributed by atoms with Crippen molar-refractivity contribution in [2.24, 2.45) is 5.92 Å². The summed E-state index contributed by atoms with van der Waals surface area (Å²) in [5.41, 5.74) is 0.902. The average Bonchev–Trinajstić information content (AvgIpc) is 3.56. The molecule has 168 valence electrons. The Morgan fingerprint density at radius 1 is 1.00 bits per heavy atom. The number of nitrogens with one attached hydrogen (secondary N) is 2. The van der Waals surface area contributed by atoms with Gasteiger partial charge in [0.05, 0.1) is 0 Å². The third-order valence-electron chi connectivity index (χ3n) is 7.04. The zero-order chi connectivity index (χ0) is 21.6. The van der Waals surface area contributed by atoms with Crippen LogP contribution in [0.5, 0.6) is 0 Å². The molecule has 2 N–H and O–H groups in total. The van der Waals surface area contributed by atoms with Crippen LogP contribution >= 0.6 is 0 Å². The van der Waals surface area contributed by atoms with Crippen molar-refractivity contribution in [3.63, 3.8) is 0 Å². The highest BCUT2D eigenvalue weighted by molar-refractivity contribution is 5.93. The smallest absolute Gasteiger partial charge is 0.246 e. The van der Waals surface area contributed by atoms with E-state index in [1.54, 1.807) is 17.3 Å². The minimum Gasteiger partial charge on any atom is -0.352 e. The highest BCUT2D eigenvalue weighted by atomic mass is 16.2. The van der Waals surface area contributed by atoms with Gasteiger partial charge in [-0.25, -0.2) is 0 Å². The summed E-state index contributed by atoms with van der Waals surface area (Å²) in [6.07, 6.45) is 13.6. The Morgan fingerprint density at radius 3 is 2.45 bits per heavy atom. The first-order chi connectivity index (χ1) is 15.1. The fourth-order valence-electron chi connectivity index (χ4n) is 5.30. The zero-order valence-electron chi connectivity index (χ0n) is 18.2. The van der Waals surface area contributed by atoms with Gasteiger partial charge < -0.3 is 15.5 Å². The maximum absolute atomic E-state index is 13.6. The lowest BCUT2D eigenvalue weighted by Crippen LogP contribution is -2.55. The van der Waals surface area contributed by atoms with Gasteiger partial charge in [0.25, 0.3) is 0 Å². The summed E-state index contributed by atoms with van der Waals surface area (Å²) in [7, 11) is 0. The maximum atomic E-state index is 13.6. The van der Waals surface area contributed by atoms with Crippen molar-refractivity contribution in [3.05, 3.63) is 30.1 Å². The van der Waals surface area contributed by atoms with Crippen molar-refractivity contribution in [2.75, 3.05) is 6.54 Å². The van der Waals surface area contributed by atoms with Crippen LogP contribution in [-0.4, -0.2) is 52.3 Å². The molecule has 0 spiro atoms. The van der Waals surface area contributed by atoms with Gasteiger partial charge in [-0.2, -0.15) is 0 Å². The van der Waals surface area contributed by atoms with Gasteiger partial charge in [0, 0.05) is 37.3 Å². The lowest BCUT2D eigenvalue weighted by molar-refractivity contribution is -0.142. The number of hydrogen-bond donors (Lipinski definition) is 2. The fraction of sp³-hybridized carbons (Fsp3) is 0.667. The Hall–Kier alpha value is -2.44. The van der Waals surface area contributed by atoms with Crippen LogP contribution in [0.25, 0.3) is 0 Å². The first-order valence-electron chi connectivity index (χ1n) is 11.9. The van der Waals surface area contributed by atoms with Gasteiger partial charge in [0.15, 0.2) is 0 Å². The molecule has 3 aliphatic rings. The number of carbonyl (C=O) groups is 3. The number of likely N-dealkylation sites (tertiary alicyclic amines) is 1. The lowest BCUT2D eigenvalue weighted by atomic mass is 10.0. The van der Waals surface area contributed by atoms with Crippen LogP contribution in [0, 0.1) is 5.92 Å². The number of amides is 3. The van der Waals surface area contributed by atoms with E-state index in [4.69, 9.17) is 0 Å². The van der Waals surface area contributed by atoms with Gasteiger partial charge in [-0.15, -0.1) is 0 Å². The molecule has 3 amide bonds. The standard InChI is InChI=1S/C24H34N4O3/c29-22(18-8-1-2-9-18)27-20(15-17-7-5-13-25-16-17)24(31)28-14-6-12-21(28)23(30)26-19-10-3-4-11-19/h5,7,13,16,18-21H,1-4,6,8-12,14-15H2,(H,26,30)(H,27,29)/t20-,21-/m0/s1. The normalized spacial score (nSPS) is 23.1. The Labute approximate surface area is 184 Å². The largest absolute Gasteiger partial charge is 0.352 e. The minimum atomic E-state index is -0.669. The molecule has 7 nitrogen and oxygen atoms in total. The second kappa shape index (κ2) is 10.2. The first-order valence-corrected chi connectivity index (χ1v) is 11.9. The monoisotopic (exact) mass is 426 g/mol. The van der Waals surface area contributed by atoms with Crippen molar-refractivity contribution < 1.29 is 14.4 Å². The van der Waals surface area contributed by atoms with Gasteiger partial charge >= 0.3 is 0 Å². The van der Waals surface area contributed by atoms with Gasteiger partial charge in [0.1, 0.15) is 12.1 Å². The van der Waals surface area contributed by atoms with E-state index >= 15 is 0 Å². The quantitative estimate of drug-likeness (QED) is 0.700. The number of carbonyl (C=O) groups excluding carboxylic acids is 3. The molecule has 2 saturated carbocycles. The highest BCUT2D eigenvalue weighted by Gasteiger charge is 2.39. The molecule has 7 heteroatoms. The van der Waals surface area contributed by atoms with Crippen molar-refractivity contribution >= 4 is 17.7 Å². The zero-order valence-corrected chi connectivity index (χ0v) is 18.2. The van der Waals surface area contributed by atoms with Crippen molar-refractivity contribution in [1.82, 2.24) is 20.5 Å². The molecule has 0 bridgehead atoms. The van der Waals surface area contributed by atoms with Crippen LogP contribution in [0.2, 0.25) is 0 Å². The minimum absolute atomic E-state index is 0.00996. The van der Waals surface area contributed by atoms with E-state index in [0.29, 0.717) is 19.4 Å². The number of pyridine rings is 1. The van der Waals surface area contributed by atoms with Crippen LogP contribution < -0.4 is 10.6 Å². The van der Waals surface area contributed by atoms with Crippen LogP contribution in [0.1, 0.15) is 69.8 Å². The molecule has 1 aromatic rings. The summed E-state index contributed by atoms with van der Waals surface area (Å²) in [5.74, 6) is -0.241. The summed E-state index contributed by atoms with van der Waals surface area (Å²) in [4.78, 5) is 45.2. The molecular weight excluding hydrogens is 392 g/mol. The molecule has 1 saturated heterocycles. The van der Waals surface area contributed by atoms with Crippen LogP contribution in [0.4, 0.5) is 0 Å². The SMILES string of the molecule is O=C(N[C@@H](Cc1cccnc1)C(=O)N1CCC[C@H]1C(=O)NC1CCCC1)C1CCCC1. The van der Waals surface area contributed by atoms with E-state index in [1.807, 2.05) is 12.1 Å². The van der Waals surface area contributed by atoms with E-state index in [0.717, 1.165) is 63.4 Å². The molecule has 1 aromatic heterocycles. The lowest BCUT2D eigenvalue weighted by Gasteiger charge is -2.30. The molecule has 2 heterocycles. The van der Waals surface area contributed by atoms with Crippen LogP contribution in [0.3, 0.4) is 0 Å². The van der Waals surface area contributed by atoms with Crippen LogP contribution in [-0.2, 0) is 20.8 Å². The molecule has 1 aliphatic heterocycles. The first kappa shape index (κ1) is 21.8. The van der Waals surface area contributed by atoms with E-state index < -0.39 is 12.1 Å². The molecule has 2 aliphatic carbocycles. The van der Waals surface area contributed by atoms with Crippen molar-refractivity contribution in [1.29, 1.82) is 0 Å². The molecule has 0 aromatic carbocycles. The van der Waals surface area contributed by atoms with Gasteiger partial charge in [-0.1, -0.05) is 31.7 Å². The van der Waals surface area contributed by atoms with E-state index in [9.17, 15) is 14.4 Å². The fourth-order valence-corrected chi connectivity index (χ4v) is 5.30. The van der Waals surface area contributed by atoms with Gasteiger partial charge in [-0.3, -0.25) is 19.4 Å². The Morgan fingerprint density at radius 2 is 1.74 bits per heavy atom. The van der Waals surface area contributed by atoms with E-state index in [-0.39, 0.29) is 29.7 Å². The third kappa shape index (κ3) is 5.43. The predicted molar refractivity (Wildman–Crippen MR) is 117 cm³/mol. The molecule has 0 unspecified atom stereocenters. The predicted octanol–water partition coefficient (Wildman–Crippen LogP) is 2.35. The Balaban J connectivity index is 1.46. The molecule has 31 heavy (non-hydrogen) atoms. The van der Waals surface area contributed by atoms with E-state index in [1.165, 1.54) is 0 Å². The van der Waals surface area contributed by atoms with E-state index in [2.05, 4.69) is 15.6 Å².